The highest BCUT2D eigenvalue weighted by atomic mass is 19.2. The molecule has 8 rings (SSSR count). The predicted octanol–water partition coefficient (Wildman–Crippen LogP) is 16.8. The zero-order valence-corrected chi connectivity index (χ0v) is 40.8. The number of rotatable bonds is 8. The Morgan fingerprint density at radius 1 is 0.439 bits per heavy atom. The fraction of sp³-hybridized carbons (Fsp3) is 0.262. The Kier molecular flexibility index (Phi) is 12.2. The van der Waals surface area contributed by atoms with Gasteiger partial charge in [-0.2, -0.15) is 0 Å². The molecule has 0 saturated heterocycles. The highest BCUT2D eigenvalue weighted by Crippen LogP contribution is 2.46. The van der Waals surface area contributed by atoms with Crippen molar-refractivity contribution in [3.63, 3.8) is 0 Å². The molecule has 1 aliphatic heterocycles. The quantitative estimate of drug-likeness (QED) is 0.135. The van der Waals surface area contributed by atoms with Crippen LogP contribution < -0.4 is 0 Å². The lowest BCUT2D eigenvalue weighted by Gasteiger charge is -2.22. The van der Waals surface area contributed by atoms with E-state index < -0.39 is 7.40 Å². The van der Waals surface area contributed by atoms with E-state index in [0.29, 0.717) is 33.8 Å². The standard InChI is InChI=1S/C61H63BF2N2/c1-58(2,3)47-30-22-42(23-31-47)51-38-53(44-26-34-49(35-27-44)60(7,8)9)65-56(51)55(46-20-18-41(19-21-46)40-16-14-13-15-17-40)57-52(43-24-32-48(33-25-43)59(4,5)6)39-54(66(57)62(63)64)45-28-36-50(37-29-45)61(10,11)12/h13-39H,1-12H3/b56-55-. The third-order valence-electron chi connectivity index (χ3n) is 13.0. The van der Waals surface area contributed by atoms with Gasteiger partial charge >= 0.3 is 7.40 Å². The van der Waals surface area contributed by atoms with Crippen molar-refractivity contribution in [2.75, 3.05) is 0 Å². The summed E-state index contributed by atoms with van der Waals surface area (Å²) in [6, 6.07) is 54.4. The van der Waals surface area contributed by atoms with Gasteiger partial charge in [-0.25, -0.2) is 4.99 Å². The number of hydrogen-bond donors (Lipinski definition) is 0. The Balaban J connectivity index is 1.48. The minimum atomic E-state index is -2.88. The van der Waals surface area contributed by atoms with Crippen molar-refractivity contribution in [1.82, 2.24) is 4.48 Å². The first-order valence-corrected chi connectivity index (χ1v) is 23.3. The minimum Gasteiger partial charge on any atom is -0.324 e. The molecule has 7 aromatic rings. The second-order valence-corrected chi connectivity index (χ2v) is 22.0. The molecule has 0 aliphatic carbocycles. The molecule has 66 heavy (non-hydrogen) atoms. The van der Waals surface area contributed by atoms with Crippen molar-refractivity contribution in [3.05, 3.63) is 214 Å². The first-order valence-electron chi connectivity index (χ1n) is 23.3. The summed E-state index contributed by atoms with van der Waals surface area (Å²) < 4.78 is 34.4. The summed E-state index contributed by atoms with van der Waals surface area (Å²) >= 11 is 0. The molecule has 2 nitrogen and oxygen atoms in total. The average Bonchev–Trinajstić information content (AvgIpc) is 3.90. The second kappa shape index (κ2) is 17.5. The monoisotopic (exact) mass is 873 g/mol. The minimum absolute atomic E-state index is 0.0249. The Labute approximate surface area is 393 Å². The van der Waals surface area contributed by atoms with E-state index in [1.807, 2.05) is 36.4 Å². The fourth-order valence-corrected chi connectivity index (χ4v) is 8.83. The number of benzene rings is 6. The van der Waals surface area contributed by atoms with Gasteiger partial charge in [-0.1, -0.05) is 235 Å². The van der Waals surface area contributed by atoms with Gasteiger partial charge in [-0.05, 0) is 89.4 Å². The lowest BCUT2D eigenvalue weighted by Crippen LogP contribution is -2.18. The SMILES string of the molecule is CC(C)(C)c1ccc(C2=CC(c3ccc(C(C)(C)C)cc3)=N/C2=C(/c2ccc(-c3ccccc3)cc2)c2c(-c3ccc(C(C)(C)C)cc3)cc(-c3ccc(C(C)(C)C)cc3)n2B(F)F)cc1. The Bertz CT molecular complexity index is 2940. The lowest BCUT2D eigenvalue weighted by atomic mass is 9.84. The fourth-order valence-electron chi connectivity index (χ4n) is 8.83. The lowest BCUT2D eigenvalue weighted by molar-refractivity contribution is 0.590. The molecule has 334 valence electrons. The maximum Gasteiger partial charge on any atom is 0.678 e. The molecule has 0 radical (unpaired) electrons. The highest BCUT2D eigenvalue weighted by Gasteiger charge is 2.34. The molecular formula is C61H63BF2N2. The molecule has 0 bridgehead atoms. The van der Waals surface area contributed by atoms with Gasteiger partial charge in [-0.3, -0.25) is 8.63 Å². The van der Waals surface area contributed by atoms with Crippen LogP contribution in [0.4, 0.5) is 8.63 Å². The van der Waals surface area contributed by atoms with Crippen molar-refractivity contribution in [1.29, 1.82) is 0 Å². The summed E-state index contributed by atoms with van der Waals surface area (Å²) in [6.45, 7) is 26.3. The van der Waals surface area contributed by atoms with E-state index in [9.17, 15) is 0 Å². The molecule has 1 aliphatic rings. The molecule has 0 amide bonds. The summed E-state index contributed by atoms with van der Waals surface area (Å²) in [5.41, 5.74) is 15.4. The average molecular weight is 873 g/mol. The van der Waals surface area contributed by atoms with Crippen molar-refractivity contribution >= 4 is 24.3 Å². The molecule has 6 aromatic carbocycles. The van der Waals surface area contributed by atoms with E-state index >= 15 is 8.63 Å². The summed E-state index contributed by atoms with van der Waals surface area (Å²) in [4.78, 5) is 5.56. The zero-order chi connectivity index (χ0) is 47.3. The molecule has 5 heteroatoms. The topological polar surface area (TPSA) is 17.3 Å². The van der Waals surface area contributed by atoms with Crippen LogP contribution in [-0.4, -0.2) is 17.6 Å². The summed E-state index contributed by atoms with van der Waals surface area (Å²) in [5, 5.41) is 0. The maximum absolute atomic E-state index is 16.6. The molecule has 0 unspecified atom stereocenters. The normalized spacial score (nSPS) is 14.3. The highest BCUT2D eigenvalue weighted by molar-refractivity contribution is 6.42. The van der Waals surface area contributed by atoms with Crippen LogP contribution in [0.5, 0.6) is 0 Å². The van der Waals surface area contributed by atoms with Gasteiger partial charge < -0.3 is 4.48 Å². The van der Waals surface area contributed by atoms with E-state index in [4.69, 9.17) is 4.99 Å². The van der Waals surface area contributed by atoms with E-state index in [1.54, 1.807) is 0 Å². The van der Waals surface area contributed by atoms with E-state index in [-0.39, 0.29) is 21.7 Å². The van der Waals surface area contributed by atoms with Crippen LogP contribution in [0, 0.1) is 0 Å². The predicted molar refractivity (Wildman–Crippen MR) is 279 cm³/mol. The van der Waals surface area contributed by atoms with Crippen molar-refractivity contribution in [3.8, 4) is 33.5 Å². The van der Waals surface area contributed by atoms with Gasteiger partial charge in [0.25, 0.3) is 0 Å². The Morgan fingerprint density at radius 2 is 0.833 bits per heavy atom. The molecule has 0 fully saturated rings. The van der Waals surface area contributed by atoms with Gasteiger partial charge in [0.05, 0.1) is 17.1 Å². The Morgan fingerprint density at radius 3 is 1.27 bits per heavy atom. The van der Waals surface area contributed by atoms with Gasteiger partial charge in [0.1, 0.15) is 0 Å². The number of halogens is 2. The number of aromatic nitrogens is 1. The van der Waals surface area contributed by atoms with Crippen molar-refractivity contribution < 1.29 is 8.63 Å². The van der Waals surface area contributed by atoms with Crippen LogP contribution >= 0.6 is 0 Å². The summed E-state index contributed by atoms with van der Waals surface area (Å²) in [6.07, 6.45) is 2.14. The van der Waals surface area contributed by atoms with Crippen LogP contribution in [0.3, 0.4) is 0 Å². The largest absolute Gasteiger partial charge is 0.678 e. The maximum atomic E-state index is 16.6. The first kappa shape index (κ1) is 46.2. The van der Waals surface area contributed by atoms with E-state index in [1.165, 1.54) is 21.2 Å². The van der Waals surface area contributed by atoms with Crippen LogP contribution in [0.15, 0.2) is 174 Å². The number of aliphatic imine (C=N–C) groups is 1. The second-order valence-electron chi connectivity index (χ2n) is 22.0. The molecule has 2 heterocycles. The van der Waals surface area contributed by atoms with Crippen LogP contribution in [0.25, 0.3) is 44.7 Å². The molecule has 0 saturated carbocycles. The third-order valence-corrected chi connectivity index (χ3v) is 13.0. The smallest absolute Gasteiger partial charge is 0.324 e. The third kappa shape index (κ3) is 9.50. The van der Waals surface area contributed by atoms with Gasteiger partial charge in [0, 0.05) is 28.0 Å². The van der Waals surface area contributed by atoms with Crippen molar-refractivity contribution in [2.24, 2.45) is 4.99 Å². The van der Waals surface area contributed by atoms with Crippen LogP contribution in [-0.2, 0) is 21.7 Å². The summed E-state index contributed by atoms with van der Waals surface area (Å²) in [5.74, 6) is 0. The Hall–Kier alpha value is -6.33. The molecular weight excluding hydrogens is 809 g/mol. The van der Waals surface area contributed by atoms with Crippen LogP contribution in [0.1, 0.15) is 128 Å². The van der Waals surface area contributed by atoms with E-state index in [0.717, 1.165) is 50.2 Å². The zero-order valence-electron chi connectivity index (χ0n) is 40.8. The van der Waals surface area contributed by atoms with E-state index in [2.05, 4.69) is 210 Å². The number of nitrogens with zero attached hydrogens (tertiary/aromatic N) is 2. The van der Waals surface area contributed by atoms with Gasteiger partial charge in [-0.15, -0.1) is 0 Å². The van der Waals surface area contributed by atoms with Gasteiger partial charge in [0.2, 0.25) is 0 Å². The first-order chi connectivity index (χ1) is 31.1. The number of hydrogen-bond acceptors (Lipinski definition) is 1. The number of allylic oxidation sites excluding steroid dienone is 2. The molecule has 0 atom stereocenters. The van der Waals surface area contributed by atoms with Gasteiger partial charge in [0.15, 0.2) is 0 Å². The van der Waals surface area contributed by atoms with Crippen LogP contribution in [0.2, 0.25) is 0 Å². The molecule has 1 aromatic heterocycles. The summed E-state index contributed by atoms with van der Waals surface area (Å²) in [7, 11) is -2.88. The molecule has 0 spiro atoms. The molecule has 0 N–H and O–H groups in total. The van der Waals surface area contributed by atoms with Crippen molar-refractivity contribution in [2.45, 2.75) is 105 Å².